The van der Waals surface area contributed by atoms with Gasteiger partial charge in [-0.3, -0.25) is 0 Å². The lowest BCUT2D eigenvalue weighted by Gasteiger charge is -2.14. The van der Waals surface area contributed by atoms with E-state index in [2.05, 4.69) is 4.98 Å². The lowest BCUT2D eigenvalue weighted by molar-refractivity contribution is -0.150. The molecule has 1 rings (SSSR count). The number of pyridine rings is 1. The van der Waals surface area contributed by atoms with E-state index in [-0.39, 0.29) is 12.5 Å². The van der Waals surface area contributed by atoms with E-state index in [1.54, 1.807) is 0 Å². The normalized spacial score (nSPS) is 12.9. The molecule has 0 bridgehead atoms. The smallest absolute Gasteiger partial charge is 0.245 e. The van der Waals surface area contributed by atoms with Gasteiger partial charge < -0.3 is 0 Å². The van der Waals surface area contributed by atoms with Crippen LogP contribution in [0.2, 0.25) is 0 Å². The molecule has 0 aliphatic heterocycles. The van der Waals surface area contributed by atoms with Crippen molar-refractivity contribution in [3.05, 3.63) is 28.8 Å². The minimum atomic E-state index is -5.25. The van der Waals surface area contributed by atoms with Crippen molar-refractivity contribution in [1.29, 1.82) is 0 Å². The second-order valence-corrected chi connectivity index (χ2v) is 3.17. The molecule has 0 aromatic carbocycles. The highest BCUT2D eigenvalue weighted by atomic mass is 19.4. The van der Waals surface area contributed by atoms with Gasteiger partial charge in [0, 0.05) is 5.69 Å². The van der Waals surface area contributed by atoms with E-state index in [1.807, 2.05) is 0 Å². The highest BCUT2D eigenvalue weighted by molar-refractivity contribution is 5.28. The average molecular weight is 261 g/mol. The predicted octanol–water partition coefficient (Wildman–Crippen LogP) is 3.82. The number of alkyl halides is 6. The van der Waals surface area contributed by atoms with Crippen molar-refractivity contribution >= 4 is 0 Å². The molecule has 0 aliphatic rings. The van der Waals surface area contributed by atoms with Gasteiger partial charge in [0.1, 0.15) is 0 Å². The van der Waals surface area contributed by atoms with Crippen molar-refractivity contribution in [2.45, 2.75) is 25.7 Å². The number of nitrogens with zero attached hydrogens (tertiary/aromatic N) is 1. The molecule has 0 N–H and O–H groups in total. The van der Waals surface area contributed by atoms with Crippen LogP contribution < -0.4 is 0 Å². The number of aryl methyl sites for hydroxylation is 1. The molecule has 0 amide bonds. The summed E-state index contributed by atoms with van der Waals surface area (Å²) in [6.45, 7) is 1.32. The number of rotatable bonds is 1. The van der Waals surface area contributed by atoms with Gasteiger partial charge in [0.2, 0.25) is 0 Å². The molecule has 0 fully saturated rings. The SMILES string of the molecule is CCc1cc(C(F)(F)F)c(F)c(C(F)(F)F)n1. The monoisotopic (exact) mass is 261 g/mol. The standard InChI is InChI=1S/C9H6F7N/c1-2-4-3-5(8(11,12)13)6(10)7(17-4)9(14,15)16/h3H,2H2,1H3. The molecule has 1 heterocycles. The van der Waals surface area contributed by atoms with Crippen molar-refractivity contribution in [1.82, 2.24) is 4.98 Å². The molecule has 0 radical (unpaired) electrons. The van der Waals surface area contributed by atoms with E-state index in [1.165, 1.54) is 6.92 Å². The first-order chi connectivity index (χ1) is 7.57. The number of hydrogen-bond acceptors (Lipinski definition) is 1. The van der Waals surface area contributed by atoms with E-state index in [9.17, 15) is 30.7 Å². The summed E-state index contributed by atoms with van der Waals surface area (Å²) in [6, 6.07) is 0.282. The molecular weight excluding hydrogens is 255 g/mol. The zero-order chi connectivity index (χ0) is 13.4. The fourth-order valence-electron chi connectivity index (χ4n) is 1.16. The summed E-state index contributed by atoms with van der Waals surface area (Å²) >= 11 is 0. The largest absolute Gasteiger partial charge is 0.436 e. The van der Waals surface area contributed by atoms with Gasteiger partial charge in [0.15, 0.2) is 11.5 Å². The first kappa shape index (κ1) is 13.7. The molecular formula is C9H6F7N. The molecule has 0 aliphatic carbocycles. The minimum Gasteiger partial charge on any atom is -0.245 e. The topological polar surface area (TPSA) is 12.9 Å². The Hall–Kier alpha value is -1.34. The predicted molar refractivity (Wildman–Crippen MR) is 43.6 cm³/mol. The molecule has 0 spiro atoms. The van der Waals surface area contributed by atoms with Crippen LogP contribution in [0.5, 0.6) is 0 Å². The average Bonchev–Trinajstić information content (AvgIpc) is 2.14. The van der Waals surface area contributed by atoms with Crippen LogP contribution in [0.4, 0.5) is 30.7 Å². The van der Waals surface area contributed by atoms with Crippen molar-refractivity contribution in [2.75, 3.05) is 0 Å². The summed E-state index contributed by atoms with van der Waals surface area (Å²) < 4.78 is 86.8. The minimum absolute atomic E-state index is 0.160. The number of halogens is 7. The molecule has 0 saturated heterocycles. The maximum atomic E-state index is 13.1. The quantitative estimate of drug-likeness (QED) is 0.700. The molecule has 0 atom stereocenters. The third-order valence-electron chi connectivity index (χ3n) is 1.95. The lowest BCUT2D eigenvalue weighted by Crippen LogP contribution is -2.18. The maximum Gasteiger partial charge on any atom is 0.436 e. The van der Waals surface area contributed by atoms with E-state index in [0.717, 1.165) is 0 Å². The second-order valence-electron chi connectivity index (χ2n) is 3.17. The van der Waals surface area contributed by atoms with Crippen LogP contribution in [0.1, 0.15) is 23.9 Å². The third kappa shape index (κ3) is 2.86. The van der Waals surface area contributed by atoms with Crippen LogP contribution in [0.25, 0.3) is 0 Å². The van der Waals surface area contributed by atoms with Crippen LogP contribution in [0.3, 0.4) is 0 Å². The van der Waals surface area contributed by atoms with Gasteiger partial charge in [-0.25, -0.2) is 9.37 Å². The van der Waals surface area contributed by atoms with Gasteiger partial charge in [0.05, 0.1) is 5.56 Å². The second kappa shape index (κ2) is 4.15. The van der Waals surface area contributed by atoms with Gasteiger partial charge in [-0.2, -0.15) is 26.3 Å². The van der Waals surface area contributed by atoms with Crippen molar-refractivity contribution in [3.8, 4) is 0 Å². The van der Waals surface area contributed by atoms with Crippen LogP contribution in [0, 0.1) is 5.82 Å². The van der Waals surface area contributed by atoms with E-state index in [4.69, 9.17) is 0 Å². The number of aromatic nitrogens is 1. The summed E-state index contributed by atoms with van der Waals surface area (Å²) in [5, 5.41) is 0. The summed E-state index contributed by atoms with van der Waals surface area (Å²) in [7, 11) is 0. The first-order valence-electron chi connectivity index (χ1n) is 4.41. The van der Waals surface area contributed by atoms with E-state index in [0.29, 0.717) is 0 Å². The molecule has 96 valence electrons. The Balaban J connectivity index is 3.53. The van der Waals surface area contributed by atoms with Gasteiger partial charge >= 0.3 is 12.4 Å². The molecule has 0 unspecified atom stereocenters. The van der Waals surface area contributed by atoms with Gasteiger partial charge in [-0.05, 0) is 12.5 Å². The fourth-order valence-corrected chi connectivity index (χ4v) is 1.16. The Labute approximate surface area is 91.3 Å². The zero-order valence-corrected chi connectivity index (χ0v) is 8.38. The summed E-state index contributed by atoms with van der Waals surface area (Å²) in [4.78, 5) is 2.84. The Morgan fingerprint density at radius 3 is 1.94 bits per heavy atom. The van der Waals surface area contributed by atoms with Crippen molar-refractivity contribution in [3.63, 3.8) is 0 Å². The molecule has 1 aromatic rings. The molecule has 17 heavy (non-hydrogen) atoms. The highest BCUT2D eigenvalue weighted by Gasteiger charge is 2.43. The van der Waals surface area contributed by atoms with Gasteiger partial charge in [-0.15, -0.1) is 0 Å². The summed E-state index contributed by atoms with van der Waals surface area (Å²) in [5.41, 5.74) is -4.55. The van der Waals surface area contributed by atoms with E-state index < -0.39 is 35.1 Å². The van der Waals surface area contributed by atoms with Crippen LogP contribution in [-0.2, 0) is 18.8 Å². The van der Waals surface area contributed by atoms with Crippen LogP contribution in [0.15, 0.2) is 6.07 Å². The first-order valence-corrected chi connectivity index (χ1v) is 4.41. The van der Waals surface area contributed by atoms with E-state index >= 15 is 0 Å². The molecule has 1 nitrogen and oxygen atoms in total. The Morgan fingerprint density at radius 2 is 1.59 bits per heavy atom. The molecule has 8 heteroatoms. The molecule has 1 aromatic heterocycles. The Morgan fingerprint density at radius 1 is 1.06 bits per heavy atom. The molecule has 0 saturated carbocycles. The van der Waals surface area contributed by atoms with Crippen LogP contribution >= 0.6 is 0 Å². The van der Waals surface area contributed by atoms with Crippen LogP contribution in [-0.4, -0.2) is 4.98 Å². The zero-order valence-electron chi connectivity index (χ0n) is 8.38. The summed E-state index contributed by atoms with van der Waals surface area (Å²) in [5.74, 6) is -2.39. The Bertz CT molecular complexity index is 383. The highest BCUT2D eigenvalue weighted by Crippen LogP contribution is 2.37. The third-order valence-corrected chi connectivity index (χ3v) is 1.95. The summed E-state index contributed by atoms with van der Waals surface area (Å²) in [6.07, 6.45) is -10.6. The van der Waals surface area contributed by atoms with Crippen molar-refractivity contribution in [2.24, 2.45) is 0 Å². The Kier molecular flexibility index (Phi) is 3.35. The fraction of sp³-hybridized carbons (Fsp3) is 0.444. The van der Waals surface area contributed by atoms with Crippen molar-refractivity contribution < 1.29 is 30.7 Å². The lowest BCUT2D eigenvalue weighted by atomic mass is 10.1. The van der Waals surface area contributed by atoms with Gasteiger partial charge in [0.25, 0.3) is 0 Å². The maximum absolute atomic E-state index is 13.1. The number of hydrogen-bond donors (Lipinski definition) is 0. The van der Waals surface area contributed by atoms with Gasteiger partial charge in [-0.1, -0.05) is 6.92 Å².